The van der Waals surface area contributed by atoms with Crippen LogP contribution >= 0.6 is 0 Å². The summed E-state index contributed by atoms with van der Waals surface area (Å²) in [6, 6.07) is 10.1. The van der Waals surface area contributed by atoms with Crippen LogP contribution in [0.4, 0.5) is 0 Å². The number of nitrogens with zero attached hydrogens (tertiary/aromatic N) is 2. The zero-order valence-corrected chi connectivity index (χ0v) is 9.26. The highest BCUT2D eigenvalue weighted by Crippen LogP contribution is 2.08. The zero-order valence-electron chi connectivity index (χ0n) is 9.26. The van der Waals surface area contributed by atoms with E-state index >= 15 is 0 Å². The number of nitrogens with one attached hydrogen (secondary N) is 1. The number of carboxylic acids is 1. The molecule has 0 radical (unpaired) electrons. The maximum atomic E-state index is 10.8. The lowest BCUT2D eigenvalue weighted by atomic mass is 10.1. The molecular weight excluding hydrogens is 218 g/mol. The Morgan fingerprint density at radius 2 is 1.94 bits per heavy atom. The van der Waals surface area contributed by atoms with Crippen molar-refractivity contribution in [3.8, 4) is 0 Å². The van der Waals surface area contributed by atoms with E-state index in [9.17, 15) is 4.79 Å². The number of aromatic amines is 1. The van der Waals surface area contributed by atoms with Crippen molar-refractivity contribution in [3.05, 3.63) is 47.3 Å². The largest absolute Gasteiger partial charge is 0.476 e. The number of H-pyrrole nitrogens is 1. The molecule has 0 atom stereocenters. The highest BCUT2D eigenvalue weighted by molar-refractivity contribution is 5.86. The SMILES string of the molecule is O=C(O)c1n[nH]nc1CCCc1ccccc1. The maximum Gasteiger partial charge on any atom is 0.358 e. The minimum atomic E-state index is -1.03. The van der Waals surface area contributed by atoms with E-state index in [0.29, 0.717) is 12.1 Å². The summed E-state index contributed by atoms with van der Waals surface area (Å²) in [5, 5.41) is 18.7. The van der Waals surface area contributed by atoms with Crippen molar-refractivity contribution >= 4 is 5.97 Å². The lowest BCUT2D eigenvalue weighted by Gasteiger charge is -1.99. The molecule has 88 valence electrons. The van der Waals surface area contributed by atoms with Gasteiger partial charge < -0.3 is 5.11 Å². The van der Waals surface area contributed by atoms with Crippen LogP contribution in [-0.2, 0) is 12.8 Å². The average molecular weight is 231 g/mol. The number of aromatic nitrogens is 3. The van der Waals surface area contributed by atoms with E-state index in [-0.39, 0.29) is 5.69 Å². The van der Waals surface area contributed by atoms with Crippen LogP contribution in [0.3, 0.4) is 0 Å². The quantitative estimate of drug-likeness (QED) is 0.820. The number of aromatic carboxylic acids is 1. The van der Waals surface area contributed by atoms with Crippen molar-refractivity contribution in [2.24, 2.45) is 0 Å². The van der Waals surface area contributed by atoms with Gasteiger partial charge in [-0.15, -0.1) is 5.10 Å². The number of hydrogen-bond donors (Lipinski definition) is 2. The van der Waals surface area contributed by atoms with Gasteiger partial charge in [-0.25, -0.2) is 4.79 Å². The third kappa shape index (κ3) is 2.90. The van der Waals surface area contributed by atoms with Crippen LogP contribution in [0.2, 0.25) is 0 Å². The van der Waals surface area contributed by atoms with Gasteiger partial charge in [0.15, 0.2) is 5.69 Å². The van der Waals surface area contributed by atoms with Crippen LogP contribution in [0.5, 0.6) is 0 Å². The van der Waals surface area contributed by atoms with Gasteiger partial charge >= 0.3 is 5.97 Å². The predicted octanol–water partition coefficient (Wildman–Crippen LogP) is 1.68. The molecule has 1 heterocycles. The second-order valence-corrected chi connectivity index (χ2v) is 3.76. The van der Waals surface area contributed by atoms with E-state index in [4.69, 9.17) is 5.11 Å². The van der Waals surface area contributed by atoms with Crippen molar-refractivity contribution < 1.29 is 9.90 Å². The van der Waals surface area contributed by atoms with Gasteiger partial charge in [0.1, 0.15) is 0 Å². The van der Waals surface area contributed by atoms with E-state index in [1.54, 1.807) is 0 Å². The molecule has 0 amide bonds. The van der Waals surface area contributed by atoms with Gasteiger partial charge in [-0.05, 0) is 24.8 Å². The normalized spacial score (nSPS) is 10.4. The number of carbonyl (C=O) groups is 1. The summed E-state index contributed by atoms with van der Waals surface area (Å²) in [7, 11) is 0. The van der Waals surface area contributed by atoms with Crippen LogP contribution < -0.4 is 0 Å². The molecule has 0 spiro atoms. The molecule has 0 fully saturated rings. The fourth-order valence-corrected chi connectivity index (χ4v) is 1.70. The second kappa shape index (κ2) is 5.25. The summed E-state index contributed by atoms with van der Waals surface area (Å²) in [5.41, 5.74) is 1.79. The fourth-order valence-electron chi connectivity index (χ4n) is 1.70. The van der Waals surface area contributed by atoms with Crippen molar-refractivity contribution in [3.63, 3.8) is 0 Å². The Kier molecular flexibility index (Phi) is 3.49. The first-order chi connectivity index (χ1) is 8.27. The number of benzene rings is 1. The molecule has 0 aliphatic heterocycles. The minimum absolute atomic E-state index is 0.0260. The molecule has 2 aromatic rings. The molecular formula is C12H13N3O2. The number of aryl methyl sites for hydroxylation is 2. The first-order valence-corrected chi connectivity index (χ1v) is 5.44. The summed E-state index contributed by atoms with van der Waals surface area (Å²) >= 11 is 0. The van der Waals surface area contributed by atoms with Crippen LogP contribution in [0.25, 0.3) is 0 Å². The molecule has 5 nitrogen and oxygen atoms in total. The molecule has 0 unspecified atom stereocenters. The summed E-state index contributed by atoms with van der Waals surface area (Å²) in [5.74, 6) is -1.03. The molecule has 2 N–H and O–H groups in total. The Bertz CT molecular complexity index is 493. The number of hydrogen-bond acceptors (Lipinski definition) is 3. The minimum Gasteiger partial charge on any atom is -0.476 e. The summed E-state index contributed by atoms with van der Waals surface area (Å²) in [6.45, 7) is 0. The van der Waals surface area contributed by atoms with Crippen LogP contribution in [0, 0.1) is 0 Å². The topological polar surface area (TPSA) is 78.9 Å². The van der Waals surface area contributed by atoms with Gasteiger partial charge in [0.05, 0.1) is 5.69 Å². The second-order valence-electron chi connectivity index (χ2n) is 3.76. The van der Waals surface area contributed by atoms with Gasteiger partial charge in [-0.2, -0.15) is 10.3 Å². The van der Waals surface area contributed by atoms with E-state index in [0.717, 1.165) is 12.8 Å². The van der Waals surface area contributed by atoms with Gasteiger partial charge in [0.25, 0.3) is 0 Å². The summed E-state index contributed by atoms with van der Waals surface area (Å²) in [6.07, 6.45) is 2.39. The van der Waals surface area contributed by atoms with Gasteiger partial charge in [-0.3, -0.25) is 0 Å². The molecule has 0 aliphatic rings. The van der Waals surface area contributed by atoms with Gasteiger partial charge in [0.2, 0.25) is 0 Å². The third-order valence-corrected chi connectivity index (χ3v) is 2.54. The van der Waals surface area contributed by atoms with Crippen molar-refractivity contribution in [2.75, 3.05) is 0 Å². The lowest BCUT2D eigenvalue weighted by Crippen LogP contribution is -2.02. The molecule has 5 heteroatoms. The van der Waals surface area contributed by atoms with Crippen LogP contribution in [0.15, 0.2) is 30.3 Å². The molecule has 17 heavy (non-hydrogen) atoms. The molecule has 1 aromatic carbocycles. The monoisotopic (exact) mass is 231 g/mol. The smallest absolute Gasteiger partial charge is 0.358 e. The first kappa shape index (κ1) is 11.3. The summed E-state index contributed by atoms with van der Waals surface area (Å²) < 4.78 is 0. The lowest BCUT2D eigenvalue weighted by molar-refractivity contribution is 0.0689. The predicted molar refractivity (Wildman–Crippen MR) is 61.8 cm³/mol. The molecule has 0 aliphatic carbocycles. The fraction of sp³-hybridized carbons (Fsp3) is 0.250. The molecule has 1 aromatic heterocycles. The standard InChI is InChI=1S/C12H13N3O2/c16-12(17)11-10(13-15-14-11)8-4-7-9-5-2-1-3-6-9/h1-3,5-6H,4,7-8H2,(H,16,17)(H,13,14,15). The van der Waals surface area contributed by atoms with Crippen molar-refractivity contribution in [1.29, 1.82) is 0 Å². The van der Waals surface area contributed by atoms with Crippen molar-refractivity contribution in [2.45, 2.75) is 19.3 Å². The van der Waals surface area contributed by atoms with Crippen LogP contribution in [-0.4, -0.2) is 26.5 Å². The highest BCUT2D eigenvalue weighted by atomic mass is 16.4. The number of rotatable bonds is 5. The first-order valence-electron chi connectivity index (χ1n) is 5.44. The number of carboxylic acid groups (broad SMARTS) is 1. The van der Waals surface area contributed by atoms with E-state index in [1.807, 2.05) is 18.2 Å². The molecule has 0 saturated carbocycles. The van der Waals surface area contributed by atoms with E-state index < -0.39 is 5.97 Å². The zero-order chi connectivity index (χ0) is 12.1. The van der Waals surface area contributed by atoms with Gasteiger partial charge in [0, 0.05) is 0 Å². The maximum absolute atomic E-state index is 10.8. The van der Waals surface area contributed by atoms with E-state index in [2.05, 4.69) is 27.5 Å². The van der Waals surface area contributed by atoms with Crippen molar-refractivity contribution in [1.82, 2.24) is 15.4 Å². The van der Waals surface area contributed by atoms with Crippen LogP contribution in [0.1, 0.15) is 28.2 Å². The Morgan fingerprint density at radius 1 is 1.18 bits per heavy atom. The molecule has 0 saturated heterocycles. The Morgan fingerprint density at radius 3 is 2.65 bits per heavy atom. The Balaban J connectivity index is 1.90. The summed E-state index contributed by atoms with van der Waals surface area (Å²) in [4.78, 5) is 10.8. The Hall–Kier alpha value is -2.17. The highest BCUT2D eigenvalue weighted by Gasteiger charge is 2.14. The molecule has 2 rings (SSSR count). The Labute approximate surface area is 98.5 Å². The van der Waals surface area contributed by atoms with E-state index in [1.165, 1.54) is 5.56 Å². The molecule has 0 bridgehead atoms. The average Bonchev–Trinajstić information content (AvgIpc) is 2.79. The third-order valence-electron chi connectivity index (χ3n) is 2.54. The van der Waals surface area contributed by atoms with Gasteiger partial charge in [-0.1, -0.05) is 30.3 Å².